The van der Waals surface area contributed by atoms with Crippen molar-refractivity contribution in [1.29, 1.82) is 0 Å². The van der Waals surface area contributed by atoms with Crippen molar-refractivity contribution < 1.29 is 14.3 Å². The van der Waals surface area contributed by atoms with Crippen molar-refractivity contribution in [3.05, 3.63) is 90.0 Å². The van der Waals surface area contributed by atoms with E-state index < -0.39 is 0 Å². The fourth-order valence-corrected chi connectivity index (χ4v) is 4.46. The minimum atomic E-state index is -0.332. The van der Waals surface area contributed by atoms with E-state index in [9.17, 15) is 4.79 Å². The summed E-state index contributed by atoms with van der Waals surface area (Å²) in [6.45, 7) is 4.70. The summed E-state index contributed by atoms with van der Waals surface area (Å²) >= 11 is 1.76. The molecule has 0 bridgehead atoms. The number of carbonyl (C=O) groups excluding carboxylic acids is 1. The number of benzene rings is 3. The highest BCUT2D eigenvalue weighted by atomic mass is 32.2. The first-order chi connectivity index (χ1) is 15.0. The molecule has 0 unspecified atom stereocenters. The Hall–Kier alpha value is -2.92. The Morgan fingerprint density at radius 2 is 1.74 bits per heavy atom. The fraction of sp³-hybridized carbons (Fsp3) is 0.269. The normalized spacial score (nSPS) is 16.6. The van der Waals surface area contributed by atoms with Gasteiger partial charge in [-0.15, -0.1) is 11.8 Å². The number of thioether (sulfide) groups is 1. The molecule has 0 aliphatic carbocycles. The first-order valence-corrected chi connectivity index (χ1v) is 11.5. The monoisotopic (exact) mass is 433 g/mol. The number of para-hydroxylation sites is 1. The molecule has 1 aliphatic heterocycles. The topological polar surface area (TPSA) is 47.6 Å². The molecule has 0 spiro atoms. The highest BCUT2D eigenvalue weighted by molar-refractivity contribution is 7.99. The van der Waals surface area contributed by atoms with Gasteiger partial charge >= 0.3 is 0 Å². The van der Waals surface area contributed by atoms with E-state index in [1.54, 1.807) is 11.8 Å². The molecule has 3 aromatic rings. The number of rotatable bonds is 7. The molecule has 0 fully saturated rings. The molecular weight excluding hydrogens is 406 g/mol. The molecule has 1 amide bonds. The van der Waals surface area contributed by atoms with Crippen LogP contribution in [-0.2, 0) is 0 Å². The maximum atomic E-state index is 12.9. The smallest absolute Gasteiger partial charge is 0.251 e. The second-order valence-corrected chi connectivity index (χ2v) is 9.33. The van der Waals surface area contributed by atoms with Crippen LogP contribution >= 0.6 is 11.8 Å². The minimum absolute atomic E-state index is 0.0848. The number of fused-ring (bicyclic) bond motifs is 1. The number of ether oxygens (including phenoxy) is 2. The summed E-state index contributed by atoms with van der Waals surface area (Å²) in [6, 6.07) is 25.4. The molecule has 160 valence electrons. The molecule has 4 nitrogen and oxygen atoms in total. The first-order valence-electron chi connectivity index (χ1n) is 10.5. The average Bonchev–Trinajstić information content (AvgIpc) is 2.77. The maximum absolute atomic E-state index is 12.9. The van der Waals surface area contributed by atoms with Crippen molar-refractivity contribution in [2.24, 2.45) is 0 Å². The molecule has 1 N–H and O–H groups in total. The van der Waals surface area contributed by atoms with Crippen LogP contribution in [0.2, 0.25) is 0 Å². The molecule has 1 heterocycles. The van der Waals surface area contributed by atoms with E-state index in [2.05, 4.69) is 17.4 Å². The first kappa shape index (κ1) is 21.3. The molecule has 1 aliphatic rings. The third kappa shape index (κ3) is 5.61. The summed E-state index contributed by atoms with van der Waals surface area (Å²) in [5.74, 6) is 2.37. The van der Waals surface area contributed by atoms with E-state index in [-0.39, 0.29) is 17.6 Å². The van der Waals surface area contributed by atoms with Crippen LogP contribution in [0.3, 0.4) is 0 Å². The Balaban J connectivity index is 1.32. The Labute approximate surface area is 188 Å². The van der Waals surface area contributed by atoms with Crippen LogP contribution in [0.25, 0.3) is 0 Å². The van der Waals surface area contributed by atoms with Crippen molar-refractivity contribution in [2.75, 3.05) is 12.4 Å². The zero-order valence-corrected chi connectivity index (χ0v) is 18.7. The molecule has 0 aromatic heterocycles. The molecule has 0 radical (unpaired) electrons. The van der Waals surface area contributed by atoms with Gasteiger partial charge in [0.25, 0.3) is 5.91 Å². The molecule has 0 saturated heterocycles. The number of nitrogens with one attached hydrogen (secondary N) is 1. The number of amides is 1. The molecule has 4 rings (SSSR count). The molecular formula is C26H27NO3S. The van der Waals surface area contributed by atoms with Crippen molar-refractivity contribution in [2.45, 2.75) is 36.8 Å². The fourth-order valence-electron chi connectivity index (χ4n) is 3.71. The highest BCUT2D eigenvalue weighted by Gasteiger charge is 2.34. The van der Waals surface area contributed by atoms with Gasteiger partial charge in [0.15, 0.2) is 0 Å². The summed E-state index contributed by atoms with van der Waals surface area (Å²) in [4.78, 5) is 14.1. The van der Waals surface area contributed by atoms with Crippen LogP contribution in [0.1, 0.15) is 42.2 Å². The van der Waals surface area contributed by atoms with Crippen LogP contribution < -0.4 is 14.8 Å². The summed E-state index contributed by atoms with van der Waals surface area (Å²) in [6.07, 6.45) is 0.718. The highest BCUT2D eigenvalue weighted by Crippen LogP contribution is 2.39. The number of carbonyl (C=O) groups is 1. The van der Waals surface area contributed by atoms with Crippen molar-refractivity contribution in [1.82, 2.24) is 5.32 Å². The third-order valence-corrected chi connectivity index (χ3v) is 6.14. The van der Waals surface area contributed by atoms with Gasteiger partial charge in [-0.05, 0) is 56.3 Å². The summed E-state index contributed by atoms with van der Waals surface area (Å²) in [7, 11) is 0. The van der Waals surface area contributed by atoms with Crippen LogP contribution in [-0.4, -0.2) is 23.9 Å². The molecule has 31 heavy (non-hydrogen) atoms. The lowest BCUT2D eigenvalue weighted by molar-refractivity contribution is 0.0619. The minimum Gasteiger partial charge on any atom is -0.493 e. The van der Waals surface area contributed by atoms with Gasteiger partial charge in [-0.1, -0.05) is 36.4 Å². The van der Waals surface area contributed by atoms with Crippen LogP contribution in [0, 0.1) is 0 Å². The van der Waals surface area contributed by atoms with Crippen molar-refractivity contribution in [3.8, 4) is 11.5 Å². The number of hydrogen-bond donors (Lipinski definition) is 1. The lowest BCUT2D eigenvalue weighted by Crippen LogP contribution is -2.41. The van der Waals surface area contributed by atoms with E-state index in [4.69, 9.17) is 9.47 Å². The summed E-state index contributed by atoms with van der Waals surface area (Å²) in [5, 5.41) is 3.17. The lowest BCUT2D eigenvalue weighted by Gasteiger charge is -2.37. The standard InChI is InChI=1S/C26H27NO3S/c1-26(2)18-23(22-10-6-7-11-24(22)30-26)27-25(28)19-12-14-20(15-13-19)29-16-17-31-21-8-4-3-5-9-21/h3-15,23H,16-18H2,1-2H3,(H,27,28)/t23-/m1/s1. The lowest BCUT2D eigenvalue weighted by atomic mass is 9.89. The predicted octanol–water partition coefficient (Wildman–Crippen LogP) is 5.89. The predicted molar refractivity (Wildman–Crippen MR) is 125 cm³/mol. The molecule has 1 atom stereocenters. The van der Waals surface area contributed by atoms with Gasteiger partial charge in [0.05, 0.1) is 12.6 Å². The van der Waals surface area contributed by atoms with E-state index in [1.807, 2.05) is 80.6 Å². The second-order valence-electron chi connectivity index (χ2n) is 8.16. The average molecular weight is 434 g/mol. The zero-order chi connectivity index (χ0) is 21.7. The summed E-state index contributed by atoms with van der Waals surface area (Å²) < 4.78 is 11.9. The van der Waals surface area contributed by atoms with E-state index in [0.717, 1.165) is 29.2 Å². The number of hydrogen-bond acceptors (Lipinski definition) is 4. The van der Waals surface area contributed by atoms with Crippen LogP contribution in [0.4, 0.5) is 0 Å². The maximum Gasteiger partial charge on any atom is 0.251 e. The summed E-state index contributed by atoms with van der Waals surface area (Å²) in [5.41, 5.74) is 1.31. The van der Waals surface area contributed by atoms with Gasteiger partial charge in [-0.25, -0.2) is 0 Å². The Bertz CT molecular complexity index is 1020. The van der Waals surface area contributed by atoms with Crippen LogP contribution in [0.15, 0.2) is 83.8 Å². The Morgan fingerprint density at radius 1 is 1.03 bits per heavy atom. The van der Waals surface area contributed by atoms with Crippen LogP contribution in [0.5, 0.6) is 11.5 Å². The van der Waals surface area contributed by atoms with E-state index >= 15 is 0 Å². The Morgan fingerprint density at radius 3 is 2.52 bits per heavy atom. The van der Waals surface area contributed by atoms with Gasteiger partial charge in [-0.3, -0.25) is 4.79 Å². The van der Waals surface area contributed by atoms with Gasteiger partial charge in [0.1, 0.15) is 17.1 Å². The van der Waals surface area contributed by atoms with Crippen molar-refractivity contribution >= 4 is 17.7 Å². The quantitative estimate of drug-likeness (QED) is 0.373. The van der Waals surface area contributed by atoms with E-state index in [1.165, 1.54) is 4.90 Å². The molecule has 5 heteroatoms. The van der Waals surface area contributed by atoms with E-state index in [0.29, 0.717) is 12.2 Å². The van der Waals surface area contributed by atoms with Gasteiger partial charge in [-0.2, -0.15) is 0 Å². The second kappa shape index (κ2) is 9.48. The van der Waals surface area contributed by atoms with Gasteiger partial charge < -0.3 is 14.8 Å². The van der Waals surface area contributed by atoms with Gasteiger partial charge in [0, 0.05) is 28.2 Å². The third-order valence-electron chi connectivity index (χ3n) is 5.16. The largest absolute Gasteiger partial charge is 0.493 e. The SMILES string of the molecule is CC1(C)C[C@@H](NC(=O)c2ccc(OCCSc3ccccc3)cc2)c2ccccc2O1. The molecule has 0 saturated carbocycles. The zero-order valence-electron chi connectivity index (χ0n) is 17.8. The van der Waals surface area contributed by atoms with Gasteiger partial charge in [0.2, 0.25) is 0 Å². The van der Waals surface area contributed by atoms with Crippen molar-refractivity contribution in [3.63, 3.8) is 0 Å². The Kier molecular flexibility index (Phi) is 6.52. The molecule has 3 aromatic carbocycles.